The van der Waals surface area contributed by atoms with E-state index in [0.717, 1.165) is 4.90 Å². The van der Waals surface area contributed by atoms with E-state index in [1.54, 1.807) is 48.5 Å². The summed E-state index contributed by atoms with van der Waals surface area (Å²) in [5.41, 5.74) is 1.56. The standard InChI is InChI=1S/C24H17ClFN3O4/c25-19-12-15(13-20-23(31)29(24(32)28-20)18-4-2-1-3-5-18)6-11-21(19)33-14-22(30)27-17-9-7-16(26)8-10-17/h1-13H,14H2,(H,27,30)(H,28,32)/b20-13-. The van der Waals surface area contributed by atoms with E-state index >= 15 is 0 Å². The summed E-state index contributed by atoms with van der Waals surface area (Å²) in [6.45, 7) is -0.307. The number of anilines is 2. The van der Waals surface area contributed by atoms with Gasteiger partial charge >= 0.3 is 6.03 Å². The van der Waals surface area contributed by atoms with Crippen molar-refractivity contribution in [3.63, 3.8) is 0 Å². The maximum absolute atomic E-state index is 12.9. The van der Waals surface area contributed by atoms with Crippen molar-refractivity contribution in [3.8, 4) is 5.75 Å². The average Bonchev–Trinajstić information content (AvgIpc) is 3.08. The van der Waals surface area contributed by atoms with Crippen molar-refractivity contribution in [3.05, 3.63) is 94.9 Å². The molecule has 0 atom stereocenters. The van der Waals surface area contributed by atoms with Crippen molar-refractivity contribution >= 4 is 46.9 Å². The van der Waals surface area contributed by atoms with E-state index in [2.05, 4.69) is 10.6 Å². The van der Waals surface area contributed by atoms with Gasteiger partial charge < -0.3 is 15.4 Å². The van der Waals surface area contributed by atoms with Crippen LogP contribution in [-0.2, 0) is 9.59 Å². The first-order chi connectivity index (χ1) is 15.9. The summed E-state index contributed by atoms with van der Waals surface area (Å²) in [6, 6.07) is 18.1. The first-order valence-corrected chi connectivity index (χ1v) is 10.2. The van der Waals surface area contributed by atoms with Crippen LogP contribution in [0.15, 0.2) is 78.5 Å². The third kappa shape index (κ3) is 5.19. The second-order valence-electron chi connectivity index (χ2n) is 7.00. The second kappa shape index (κ2) is 9.54. The molecule has 4 rings (SSSR count). The van der Waals surface area contributed by atoms with Crippen molar-refractivity contribution in [2.45, 2.75) is 0 Å². The molecule has 1 fully saturated rings. The predicted octanol–water partition coefficient (Wildman–Crippen LogP) is 4.59. The molecule has 166 valence electrons. The van der Waals surface area contributed by atoms with E-state index < -0.39 is 23.7 Å². The predicted molar refractivity (Wildman–Crippen MR) is 122 cm³/mol. The molecule has 0 radical (unpaired) electrons. The van der Waals surface area contributed by atoms with Gasteiger partial charge in [0.1, 0.15) is 17.3 Å². The Morgan fingerprint density at radius 2 is 1.79 bits per heavy atom. The van der Waals surface area contributed by atoms with E-state index in [1.807, 2.05) is 0 Å². The Balaban J connectivity index is 1.40. The molecule has 0 aliphatic carbocycles. The minimum atomic E-state index is -0.546. The van der Waals surface area contributed by atoms with Crippen molar-refractivity contribution in [2.75, 3.05) is 16.8 Å². The normalized spacial score (nSPS) is 14.4. The van der Waals surface area contributed by atoms with Gasteiger partial charge in [0.25, 0.3) is 11.8 Å². The number of imide groups is 1. The van der Waals surface area contributed by atoms with Gasteiger partial charge in [-0.15, -0.1) is 0 Å². The number of benzene rings is 3. The topological polar surface area (TPSA) is 87.7 Å². The Morgan fingerprint density at radius 3 is 2.48 bits per heavy atom. The molecular formula is C24H17ClFN3O4. The SMILES string of the molecule is O=C(COc1ccc(/C=C2\NC(=O)N(c3ccccc3)C2=O)cc1Cl)Nc1ccc(F)cc1. The van der Waals surface area contributed by atoms with E-state index in [4.69, 9.17) is 16.3 Å². The van der Waals surface area contributed by atoms with Gasteiger partial charge in [-0.25, -0.2) is 14.1 Å². The average molecular weight is 466 g/mol. The van der Waals surface area contributed by atoms with Crippen molar-refractivity contribution in [1.82, 2.24) is 5.32 Å². The van der Waals surface area contributed by atoms with Gasteiger partial charge in [-0.2, -0.15) is 0 Å². The van der Waals surface area contributed by atoms with E-state index in [1.165, 1.54) is 30.3 Å². The molecule has 0 aromatic heterocycles. The van der Waals surface area contributed by atoms with Gasteiger partial charge in [-0.1, -0.05) is 35.9 Å². The third-order valence-electron chi connectivity index (χ3n) is 4.65. The molecule has 9 heteroatoms. The van der Waals surface area contributed by atoms with Gasteiger partial charge in [0.05, 0.1) is 10.7 Å². The maximum atomic E-state index is 12.9. The van der Waals surface area contributed by atoms with Crippen LogP contribution in [0, 0.1) is 5.82 Å². The minimum absolute atomic E-state index is 0.104. The van der Waals surface area contributed by atoms with Crippen LogP contribution < -0.4 is 20.3 Å². The number of urea groups is 1. The van der Waals surface area contributed by atoms with Gasteiger partial charge in [0.15, 0.2) is 6.61 Å². The number of hydrogen-bond donors (Lipinski definition) is 2. The number of nitrogens with zero attached hydrogens (tertiary/aromatic N) is 1. The zero-order valence-electron chi connectivity index (χ0n) is 17.0. The van der Waals surface area contributed by atoms with Gasteiger partial charge in [0, 0.05) is 5.69 Å². The molecule has 3 aromatic carbocycles. The van der Waals surface area contributed by atoms with Crippen LogP contribution in [0.1, 0.15) is 5.56 Å². The Kier molecular flexibility index (Phi) is 6.37. The van der Waals surface area contributed by atoms with Crippen LogP contribution >= 0.6 is 11.6 Å². The van der Waals surface area contributed by atoms with E-state index in [0.29, 0.717) is 16.9 Å². The molecule has 0 unspecified atom stereocenters. The first kappa shape index (κ1) is 22.0. The summed E-state index contributed by atoms with van der Waals surface area (Å²) in [6.07, 6.45) is 1.50. The van der Waals surface area contributed by atoms with Crippen LogP contribution in [-0.4, -0.2) is 24.5 Å². The molecule has 0 bridgehead atoms. The number of rotatable bonds is 6. The van der Waals surface area contributed by atoms with E-state index in [-0.39, 0.29) is 23.1 Å². The molecule has 1 heterocycles. The van der Waals surface area contributed by atoms with Crippen LogP contribution in [0.25, 0.3) is 6.08 Å². The Labute approximate surface area is 193 Å². The Bertz CT molecular complexity index is 1250. The summed E-state index contributed by atoms with van der Waals surface area (Å²) in [7, 11) is 0. The molecule has 3 aromatic rings. The number of ether oxygens (including phenoxy) is 1. The number of amides is 4. The largest absolute Gasteiger partial charge is 0.482 e. The van der Waals surface area contributed by atoms with Gasteiger partial charge in [-0.3, -0.25) is 9.59 Å². The lowest BCUT2D eigenvalue weighted by atomic mass is 10.2. The molecular weight excluding hydrogens is 449 g/mol. The fourth-order valence-electron chi connectivity index (χ4n) is 3.11. The van der Waals surface area contributed by atoms with Crippen molar-refractivity contribution < 1.29 is 23.5 Å². The van der Waals surface area contributed by atoms with Gasteiger partial charge in [-0.05, 0) is 60.2 Å². The second-order valence-corrected chi connectivity index (χ2v) is 7.41. The highest BCUT2D eigenvalue weighted by atomic mass is 35.5. The number of halogens is 2. The number of hydrogen-bond acceptors (Lipinski definition) is 4. The number of nitrogens with one attached hydrogen (secondary N) is 2. The fraction of sp³-hybridized carbons (Fsp3) is 0.0417. The lowest BCUT2D eigenvalue weighted by molar-refractivity contribution is -0.118. The zero-order valence-corrected chi connectivity index (χ0v) is 17.8. The Hall–Kier alpha value is -4.17. The smallest absolute Gasteiger partial charge is 0.333 e. The van der Waals surface area contributed by atoms with E-state index in [9.17, 15) is 18.8 Å². The molecule has 2 N–H and O–H groups in total. The van der Waals surface area contributed by atoms with Crippen LogP contribution in [0.2, 0.25) is 5.02 Å². The van der Waals surface area contributed by atoms with Crippen molar-refractivity contribution in [1.29, 1.82) is 0 Å². The first-order valence-electron chi connectivity index (χ1n) is 9.80. The molecule has 1 saturated heterocycles. The number of carbonyl (C=O) groups is 3. The molecule has 1 aliphatic rings. The molecule has 0 spiro atoms. The quantitative estimate of drug-likeness (QED) is 0.411. The summed E-state index contributed by atoms with van der Waals surface area (Å²) in [5, 5.41) is 5.35. The highest BCUT2D eigenvalue weighted by molar-refractivity contribution is 6.32. The lowest BCUT2D eigenvalue weighted by Gasteiger charge is -2.11. The lowest BCUT2D eigenvalue weighted by Crippen LogP contribution is -2.30. The molecule has 0 saturated carbocycles. The number of carbonyl (C=O) groups excluding carboxylic acids is 3. The summed E-state index contributed by atoms with van der Waals surface area (Å²) < 4.78 is 18.4. The summed E-state index contributed by atoms with van der Waals surface area (Å²) >= 11 is 6.26. The monoisotopic (exact) mass is 465 g/mol. The highest BCUT2D eigenvalue weighted by Gasteiger charge is 2.34. The van der Waals surface area contributed by atoms with Gasteiger partial charge in [0.2, 0.25) is 0 Å². The zero-order chi connectivity index (χ0) is 23.4. The molecule has 33 heavy (non-hydrogen) atoms. The van der Waals surface area contributed by atoms with Crippen molar-refractivity contribution in [2.24, 2.45) is 0 Å². The highest BCUT2D eigenvalue weighted by Crippen LogP contribution is 2.28. The molecule has 1 aliphatic heterocycles. The summed E-state index contributed by atoms with van der Waals surface area (Å²) in [4.78, 5) is 38.0. The molecule has 4 amide bonds. The summed E-state index contributed by atoms with van der Waals surface area (Å²) in [5.74, 6) is -1.07. The fourth-order valence-corrected chi connectivity index (χ4v) is 3.35. The Morgan fingerprint density at radius 1 is 1.06 bits per heavy atom. The van der Waals surface area contributed by atoms with Crippen LogP contribution in [0.4, 0.5) is 20.6 Å². The third-order valence-corrected chi connectivity index (χ3v) is 4.94. The van der Waals surface area contributed by atoms with Crippen LogP contribution in [0.5, 0.6) is 5.75 Å². The molecule has 7 nitrogen and oxygen atoms in total. The minimum Gasteiger partial charge on any atom is -0.482 e. The number of para-hydroxylation sites is 1. The van der Waals surface area contributed by atoms with Crippen LogP contribution in [0.3, 0.4) is 0 Å². The maximum Gasteiger partial charge on any atom is 0.333 e.